The molecule has 0 saturated heterocycles. The van der Waals surface area contributed by atoms with Gasteiger partial charge < -0.3 is 0 Å². The molecular formula is C15H22BCl. The number of halogens is 1. The van der Waals surface area contributed by atoms with E-state index in [1.807, 2.05) is 12.1 Å². The zero-order valence-electron chi connectivity index (χ0n) is 11.4. The molecule has 0 radical (unpaired) electrons. The summed E-state index contributed by atoms with van der Waals surface area (Å²) in [4.78, 5) is 0. The van der Waals surface area contributed by atoms with Gasteiger partial charge in [0.2, 0.25) is 0 Å². The molecule has 0 spiro atoms. The number of rotatable bonds is 5. The lowest BCUT2D eigenvalue weighted by molar-refractivity contribution is 0.283. The van der Waals surface area contributed by atoms with Crippen molar-refractivity contribution in [2.45, 2.75) is 34.0 Å². The van der Waals surface area contributed by atoms with Gasteiger partial charge in [-0.15, -0.1) is 0 Å². The van der Waals surface area contributed by atoms with Gasteiger partial charge in [-0.25, -0.2) is 0 Å². The predicted octanol–water partition coefficient (Wildman–Crippen LogP) is 4.15. The highest BCUT2D eigenvalue weighted by molar-refractivity contribution is 6.53. The van der Waals surface area contributed by atoms with Crippen molar-refractivity contribution in [3.05, 3.63) is 35.4 Å². The summed E-state index contributed by atoms with van der Waals surface area (Å²) in [6.07, 6.45) is 3.02. The molecule has 2 heteroatoms. The molecule has 0 aliphatic rings. The average molecular weight is 249 g/mol. The zero-order valence-corrected chi connectivity index (χ0v) is 12.1. The second-order valence-corrected chi connectivity index (χ2v) is 6.11. The second-order valence-electron chi connectivity index (χ2n) is 5.70. The molecule has 0 aliphatic carbocycles. The number of benzene rings is 1. The first-order valence-electron chi connectivity index (χ1n) is 6.27. The Hall–Kier alpha value is -0.685. The van der Waals surface area contributed by atoms with Crippen LogP contribution in [0.3, 0.4) is 0 Å². The van der Waals surface area contributed by atoms with Gasteiger partial charge in [-0.1, -0.05) is 75.9 Å². The van der Waals surface area contributed by atoms with Gasteiger partial charge in [-0.3, -0.25) is 0 Å². The molecule has 17 heavy (non-hydrogen) atoms. The quantitative estimate of drug-likeness (QED) is 0.687. The standard InChI is InChI=1S/C15H22BCl/c1-6-12-9-13(7-8-14(12)17)16-10-15(4,5)11(2)3/h6-9,11,16H,1,10H2,2-5H3. The van der Waals surface area contributed by atoms with Crippen LogP contribution in [0.4, 0.5) is 0 Å². The van der Waals surface area contributed by atoms with Crippen molar-refractivity contribution in [3.8, 4) is 0 Å². The van der Waals surface area contributed by atoms with E-state index in [-0.39, 0.29) is 0 Å². The summed E-state index contributed by atoms with van der Waals surface area (Å²) in [5, 5.41) is 0.784. The average Bonchev–Trinajstić information content (AvgIpc) is 2.28. The second kappa shape index (κ2) is 5.77. The third kappa shape index (κ3) is 3.92. The normalized spacial score (nSPS) is 11.6. The van der Waals surface area contributed by atoms with Crippen molar-refractivity contribution < 1.29 is 0 Å². The van der Waals surface area contributed by atoms with E-state index in [9.17, 15) is 0 Å². The van der Waals surface area contributed by atoms with Crippen molar-refractivity contribution in [3.63, 3.8) is 0 Å². The molecule has 0 amide bonds. The van der Waals surface area contributed by atoms with Crippen molar-refractivity contribution in [1.82, 2.24) is 0 Å². The summed E-state index contributed by atoms with van der Waals surface area (Å²) in [7, 11) is 1.10. The SMILES string of the molecule is C=Cc1cc(BCC(C)(C)C(C)C)ccc1Cl. The smallest absolute Gasteiger partial charge is 0.0984 e. The molecule has 0 nitrogen and oxygen atoms in total. The topological polar surface area (TPSA) is 0 Å². The lowest BCUT2D eigenvalue weighted by atomic mass is 9.57. The molecule has 0 saturated carbocycles. The van der Waals surface area contributed by atoms with Crippen molar-refractivity contribution in [1.29, 1.82) is 0 Å². The Morgan fingerprint density at radius 3 is 2.59 bits per heavy atom. The fourth-order valence-corrected chi connectivity index (χ4v) is 1.86. The summed E-state index contributed by atoms with van der Waals surface area (Å²) < 4.78 is 0. The van der Waals surface area contributed by atoms with Crippen LogP contribution in [-0.4, -0.2) is 7.28 Å². The first kappa shape index (κ1) is 14.4. The van der Waals surface area contributed by atoms with E-state index in [1.54, 1.807) is 0 Å². The van der Waals surface area contributed by atoms with Crippen LogP contribution >= 0.6 is 11.6 Å². The van der Waals surface area contributed by atoms with E-state index in [1.165, 1.54) is 11.8 Å². The van der Waals surface area contributed by atoms with E-state index >= 15 is 0 Å². The first-order chi connectivity index (χ1) is 7.86. The maximum Gasteiger partial charge on any atom is 0.158 e. The summed E-state index contributed by atoms with van der Waals surface area (Å²) in [6.45, 7) is 13.0. The van der Waals surface area contributed by atoms with Gasteiger partial charge >= 0.3 is 0 Å². The van der Waals surface area contributed by atoms with Crippen molar-refractivity contribution >= 4 is 30.4 Å². The molecule has 1 aromatic carbocycles. The van der Waals surface area contributed by atoms with Crippen LogP contribution in [0.1, 0.15) is 33.3 Å². The number of hydrogen-bond donors (Lipinski definition) is 0. The Morgan fingerprint density at radius 2 is 2.06 bits per heavy atom. The summed E-state index contributed by atoms with van der Waals surface area (Å²) in [5.41, 5.74) is 2.76. The molecule has 0 bridgehead atoms. The molecule has 0 atom stereocenters. The molecule has 0 N–H and O–H groups in total. The predicted molar refractivity (Wildman–Crippen MR) is 81.8 cm³/mol. The molecule has 0 heterocycles. The highest BCUT2D eigenvalue weighted by Crippen LogP contribution is 2.30. The fourth-order valence-electron chi connectivity index (χ4n) is 1.66. The maximum atomic E-state index is 6.07. The fraction of sp³-hybridized carbons (Fsp3) is 0.467. The van der Waals surface area contributed by atoms with Crippen LogP contribution in [-0.2, 0) is 0 Å². The summed E-state index contributed by atoms with van der Waals surface area (Å²) in [6, 6.07) is 6.23. The molecule has 1 aromatic rings. The van der Waals surface area contributed by atoms with Gasteiger partial charge in [0.05, 0.1) is 0 Å². The third-order valence-corrected chi connectivity index (χ3v) is 4.25. The van der Waals surface area contributed by atoms with Crippen LogP contribution in [0.2, 0.25) is 11.3 Å². The van der Waals surface area contributed by atoms with Crippen LogP contribution in [0.5, 0.6) is 0 Å². The van der Waals surface area contributed by atoms with E-state index in [0.29, 0.717) is 11.3 Å². The van der Waals surface area contributed by atoms with Gasteiger partial charge in [0.1, 0.15) is 0 Å². The molecule has 92 valence electrons. The molecule has 1 rings (SSSR count). The van der Waals surface area contributed by atoms with Crippen molar-refractivity contribution in [2.75, 3.05) is 0 Å². The zero-order chi connectivity index (χ0) is 13.1. The van der Waals surface area contributed by atoms with Crippen LogP contribution in [0.25, 0.3) is 6.08 Å². The van der Waals surface area contributed by atoms with Crippen LogP contribution < -0.4 is 5.46 Å². The minimum atomic E-state index is 0.383. The van der Waals surface area contributed by atoms with Gasteiger partial charge in [0.25, 0.3) is 0 Å². The molecule has 0 unspecified atom stereocenters. The summed E-state index contributed by atoms with van der Waals surface area (Å²) in [5.74, 6) is 0.702. The van der Waals surface area contributed by atoms with Gasteiger partial charge in [0, 0.05) is 5.02 Å². The molecule has 0 aliphatic heterocycles. The van der Waals surface area contributed by atoms with Crippen LogP contribution in [0.15, 0.2) is 24.8 Å². The van der Waals surface area contributed by atoms with Gasteiger partial charge in [-0.2, -0.15) is 0 Å². The highest BCUT2D eigenvalue weighted by atomic mass is 35.5. The van der Waals surface area contributed by atoms with Crippen LogP contribution in [0, 0.1) is 11.3 Å². The van der Waals surface area contributed by atoms with E-state index in [2.05, 4.69) is 46.4 Å². The Morgan fingerprint density at radius 1 is 1.41 bits per heavy atom. The van der Waals surface area contributed by atoms with E-state index in [0.717, 1.165) is 17.9 Å². The lowest BCUT2D eigenvalue weighted by Gasteiger charge is -2.29. The first-order valence-corrected chi connectivity index (χ1v) is 6.65. The maximum absolute atomic E-state index is 6.07. The van der Waals surface area contributed by atoms with Gasteiger partial charge in [-0.05, 0) is 23.0 Å². The Bertz CT molecular complexity index is 394. The van der Waals surface area contributed by atoms with E-state index < -0.39 is 0 Å². The largest absolute Gasteiger partial charge is 0.158 e. The summed E-state index contributed by atoms with van der Waals surface area (Å²) >= 11 is 6.07. The monoisotopic (exact) mass is 248 g/mol. The molecule has 0 aromatic heterocycles. The molecular weight excluding hydrogens is 226 g/mol. The minimum Gasteiger partial charge on any atom is -0.0984 e. The third-order valence-electron chi connectivity index (χ3n) is 3.90. The van der Waals surface area contributed by atoms with Crippen molar-refractivity contribution in [2.24, 2.45) is 11.3 Å². The number of hydrogen-bond acceptors (Lipinski definition) is 0. The van der Waals surface area contributed by atoms with Gasteiger partial charge in [0.15, 0.2) is 7.28 Å². The lowest BCUT2D eigenvalue weighted by Crippen LogP contribution is -2.26. The molecule has 0 fully saturated rings. The Labute approximate surface area is 111 Å². The van der Waals surface area contributed by atoms with E-state index in [4.69, 9.17) is 11.6 Å². The highest BCUT2D eigenvalue weighted by Gasteiger charge is 2.22. The Kier molecular flexibility index (Phi) is 4.88. The Balaban J connectivity index is 2.73. The minimum absolute atomic E-state index is 0.383.